The second kappa shape index (κ2) is 5.99. The molecule has 132 valence electrons. The number of hydrogen-bond donors (Lipinski definition) is 0. The SMILES string of the molecule is C#CCN1C(=O)C(N2C(=O)C3=C(CCCC3)C2=O)Oc2cc(F)ccc21. The molecule has 2 heterocycles. The van der Waals surface area contributed by atoms with Crippen LogP contribution >= 0.6 is 0 Å². The van der Waals surface area contributed by atoms with Gasteiger partial charge in [-0.15, -0.1) is 6.42 Å². The number of benzene rings is 1. The van der Waals surface area contributed by atoms with Gasteiger partial charge in [0.05, 0.1) is 12.2 Å². The summed E-state index contributed by atoms with van der Waals surface area (Å²) in [6, 6.07) is 3.68. The van der Waals surface area contributed by atoms with E-state index in [0.717, 1.165) is 23.8 Å². The van der Waals surface area contributed by atoms with E-state index in [1.165, 1.54) is 17.0 Å². The summed E-state index contributed by atoms with van der Waals surface area (Å²) in [5.41, 5.74) is 1.21. The van der Waals surface area contributed by atoms with Crippen LogP contribution in [0.4, 0.5) is 10.1 Å². The van der Waals surface area contributed by atoms with Crippen LogP contribution in [0.15, 0.2) is 29.3 Å². The summed E-state index contributed by atoms with van der Waals surface area (Å²) in [4.78, 5) is 40.4. The number of carbonyl (C=O) groups excluding carboxylic acids is 3. The molecule has 4 rings (SSSR count). The van der Waals surface area contributed by atoms with Crippen molar-refractivity contribution < 1.29 is 23.5 Å². The number of nitrogens with zero attached hydrogens (tertiary/aromatic N) is 2. The molecule has 0 N–H and O–H groups in total. The van der Waals surface area contributed by atoms with Gasteiger partial charge in [-0.2, -0.15) is 0 Å². The third-order valence-electron chi connectivity index (χ3n) is 4.83. The van der Waals surface area contributed by atoms with Gasteiger partial charge in [-0.05, 0) is 37.8 Å². The van der Waals surface area contributed by atoms with Crippen LogP contribution in [0, 0.1) is 18.2 Å². The van der Waals surface area contributed by atoms with Crippen LogP contribution in [-0.4, -0.2) is 35.4 Å². The smallest absolute Gasteiger partial charge is 0.291 e. The maximum Gasteiger partial charge on any atom is 0.291 e. The number of anilines is 1. The lowest BCUT2D eigenvalue weighted by molar-refractivity contribution is -0.155. The Balaban J connectivity index is 1.74. The third-order valence-corrected chi connectivity index (χ3v) is 4.83. The molecule has 1 aromatic rings. The maximum absolute atomic E-state index is 13.6. The molecule has 6 nitrogen and oxygen atoms in total. The minimum absolute atomic E-state index is 0.0651. The van der Waals surface area contributed by atoms with Crippen LogP contribution in [0.2, 0.25) is 0 Å². The number of ether oxygens (including phenoxy) is 1. The quantitative estimate of drug-likeness (QED) is 0.599. The fraction of sp³-hybridized carbons (Fsp3) is 0.316. The minimum Gasteiger partial charge on any atom is -0.458 e. The molecule has 0 spiro atoms. The summed E-state index contributed by atoms with van der Waals surface area (Å²) >= 11 is 0. The number of rotatable bonds is 2. The molecule has 0 bridgehead atoms. The van der Waals surface area contributed by atoms with E-state index in [4.69, 9.17) is 11.2 Å². The zero-order valence-corrected chi connectivity index (χ0v) is 13.8. The first-order valence-corrected chi connectivity index (χ1v) is 8.34. The van der Waals surface area contributed by atoms with Gasteiger partial charge in [0.15, 0.2) is 0 Å². The zero-order chi connectivity index (χ0) is 18.4. The second-order valence-electron chi connectivity index (χ2n) is 6.36. The largest absolute Gasteiger partial charge is 0.458 e. The molecular formula is C19H15FN2O4. The highest BCUT2D eigenvalue weighted by Gasteiger charge is 2.49. The molecule has 0 saturated carbocycles. The van der Waals surface area contributed by atoms with Gasteiger partial charge in [0.1, 0.15) is 11.6 Å². The Morgan fingerprint density at radius 1 is 1.15 bits per heavy atom. The molecule has 0 aromatic heterocycles. The fourth-order valence-corrected chi connectivity index (χ4v) is 3.62. The van der Waals surface area contributed by atoms with Crippen LogP contribution in [0.3, 0.4) is 0 Å². The molecule has 1 aromatic carbocycles. The highest BCUT2D eigenvalue weighted by molar-refractivity contribution is 6.21. The van der Waals surface area contributed by atoms with Crippen molar-refractivity contribution in [1.82, 2.24) is 4.90 Å². The number of imide groups is 1. The van der Waals surface area contributed by atoms with E-state index in [1.54, 1.807) is 0 Å². The van der Waals surface area contributed by atoms with Gasteiger partial charge in [0.25, 0.3) is 23.9 Å². The number of carbonyl (C=O) groups is 3. The molecule has 0 fully saturated rings. The molecular weight excluding hydrogens is 339 g/mol. The zero-order valence-electron chi connectivity index (χ0n) is 13.8. The van der Waals surface area contributed by atoms with E-state index < -0.39 is 29.8 Å². The minimum atomic E-state index is -1.48. The number of hydrogen-bond acceptors (Lipinski definition) is 4. The van der Waals surface area contributed by atoms with Gasteiger partial charge in [0, 0.05) is 17.2 Å². The van der Waals surface area contributed by atoms with Crippen LogP contribution in [0.25, 0.3) is 0 Å². The normalized spacial score (nSPS) is 22.2. The molecule has 3 aliphatic rings. The van der Waals surface area contributed by atoms with Crippen molar-refractivity contribution in [3.63, 3.8) is 0 Å². The second-order valence-corrected chi connectivity index (χ2v) is 6.36. The van der Waals surface area contributed by atoms with Crippen molar-refractivity contribution in [2.45, 2.75) is 31.9 Å². The first-order valence-electron chi connectivity index (χ1n) is 8.34. The topological polar surface area (TPSA) is 66.9 Å². The first-order chi connectivity index (χ1) is 12.5. The van der Waals surface area contributed by atoms with Crippen LogP contribution in [-0.2, 0) is 14.4 Å². The molecule has 0 saturated heterocycles. The molecule has 1 aliphatic carbocycles. The van der Waals surface area contributed by atoms with Crippen LogP contribution in [0.1, 0.15) is 25.7 Å². The number of halogens is 1. The lowest BCUT2D eigenvalue weighted by Crippen LogP contribution is -2.57. The monoisotopic (exact) mass is 354 g/mol. The van der Waals surface area contributed by atoms with E-state index >= 15 is 0 Å². The molecule has 26 heavy (non-hydrogen) atoms. The molecule has 2 aliphatic heterocycles. The van der Waals surface area contributed by atoms with Gasteiger partial charge in [-0.25, -0.2) is 9.29 Å². The molecule has 3 amide bonds. The highest BCUT2D eigenvalue weighted by atomic mass is 19.1. The molecule has 1 atom stereocenters. The van der Waals surface area contributed by atoms with Crippen molar-refractivity contribution in [3.8, 4) is 18.1 Å². The summed E-state index contributed by atoms with van der Waals surface area (Å²) in [5.74, 6) is 0.225. The number of terminal acetylenes is 1. The Hall–Kier alpha value is -3.14. The third kappa shape index (κ3) is 2.30. The van der Waals surface area contributed by atoms with Gasteiger partial charge in [-0.3, -0.25) is 19.3 Å². The van der Waals surface area contributed by atoms with E-state index in [0.29, 0.717) is 29.7 Å². The summed E-state index contributed by atoms with van der Waals surface area (Å²) < 4.78 is 19.2. The van der Waals surface area contributed by atoms with Crippen molar-refractivity contribution in [2.24, 2.45) is 0 Å². The predicted octanol–water partition coefficient (Wildman–Crippen LogP) is 1.75. The van der Waals surface area contributed by atoms with Crippen LogP contribution < -0.4 is 9.64 Å². The van der Waals surface area contributed by atoms with Gasteiger partial charge in [-0.1, -0.05) is 5.92 Å². The molecule has 7 heteroatoms. The Labute approximate surface area is 149 Å². The maximum atomic E-state index is 13.6. The summed E-state index contributed by atoms with van der Waals surface area (Å²) in [6.45, 7) is -0.0826. The van der Waals surface area contributed by atoms with Crippen LogP contribution in [0.5, 0.6) is 5.75 Å². The van der Waals surface area contributed by atoms with E-state index in [1.807, 2.05) is 0 Å². The van der Waals surface area contributed by atoms with Crippen molar-refractivity contribution in [1.29, 1.82) is 0 Å². The van der Waals surface area contributed by atoms with Crippen molar-refractivity contribution in [3.05, 3.63) is 35.2 Å². The van der Waals surface area contributed by atoms with Gasteiger partial charge in [0.2, 0.25) is 0 Å². The highest BCUT2D eigenvalue weighted by Crippen LogP contribution is 2.39. The lowest BCUT2D eigenvalue weighted by Gasteiger charge is -2.36. The Kier molecular flexibility index (Phi) is 3.76. The van der Waals surface area contributed by atoms with E-state index in [2.05, 4.69) is 5.92 Å². The number of amides is 3. The first kappa shape index (κ1) is 16.3. The number of fused-ring (bicyclic) bond motifs is 1. The summed E-state index contributed by atoms with van der Waals surface area (Å²) in [5, 5.41) is 0. The molecule has 0 radical (unpaired) electrons. The van der Waals surface area contributed by atoms with E-state index in [-0.39, 0.29) is 12.3 Å². The van der Waals surface area contributed by atoms with Gasteiger partial charge < -0.3 is 4.74 Å². The van der Waals surface area contributed by atoms with Crippen molar-refractivity contribution >= 4 is 23.4 Å². The van der Waals surface area contributed by atoms with Crippen molar-refractivity contribution in [2.75, 3.05) is 11.4 Å². The lowest BCUT2D eigenvalue weighted by atomic mass is 9.93. The standard InChI is InChI=1S/C19H15FN2O4/c1-2-9-21-14-8-7-11(20)10-15(14)26-19(18(21)25)22-16(23)12-5-3-4-6-13(12)17(22)24/h1,7-8,10,19H,3-6,9H2. The Bertz CT molecular complexity index is 887. The molecule has 1 unspecified atom stereocenters. The Morgan fingerprint density at radius 2 is 1.81 bits per heavy atom. The predicted molar refractivity (Wildman–Crippen MR) is 89.3 cm³/mol. The van der Waals surface area contributed by atoms with Gasteiger partial charge >= 0.3 is 0 Å². The average Bonchev–Trinajstić information content (AvgIpc) is 2.89. The Morgan fingerprint density at radius 3 is 2.42 bits per heavy atom. The summed E-state index contributed by atoms with van der Waals surface area (Å²) in [6.07, 6.45) is 6.52. The average molecular weight is 354 g/mol. The van der Waals surface area contributed by atoms with E-state index in [9.17, 15) is 18.8 Å². The fourth-order valence-electron chi connectivity index (χ4n) is 3.62. The summed E-state index contributed by atoms with van der Waals surface area (Å²) in [7, 11) is 0.